The minimum absolute atomic E-state index is 0.0519. The number of nitrogens with zero attached hydrogens (tertiary/aromatic N) is 1. The van der Waals surface area contributed by atoms with Crippen molar-refractivity contribution in [3.05, 3.63) is 28.2 Å². The highest BCUT2D eigenvalue weighted by Crippen LogP contribution is 2.24. The maximum Gasteiger partial charge on any atom is 0.253 e. The molecular formula is C13H18BrNO2. The third-order valence-corrected chi connectivity index (χ3v) is 3.31. The highest BCUT2D eigenvalue weighted by molar-refractivity contribution is 9.10. The summed E-state index contributed by atoms with van der Waals surface area (Å²) < 4.78 is 0.600. The van der Waals surface area contributed by atoms with Crippen LogP contribution in [0.2, 0.25) is 0 Å². The summed E-state index contributed by atoms with van der Waals surface area (Å²) in [4.78, 5) is 13.7. The van der Waals surface area contributed by atoms with Gasteiger partial charge < -0.3 is 10.0 Å². The van der Waals surface area contributed by atoms with Crippen LogP contribution in [0.3, 0.4) is 0 Å². The van der Waals surface area contributed by atoms with Crippen LogP contribution in [0.15, 0.2) is 22.7 Å². The van der Waals surface area contributed by atoms with Crippen LogP contribution in [0, 0.1) is 0 Å². The fraction of sp³-hybridized carbons (Fsp3) is 0.462. The van der Waals surface area contributed by atoms with Gasteiger partial charge in [0.25, 0.3) is 5.91 Å². The van der Waals surface area contributed by atoms with Crippen LogP contribution in [0.4, 0.5) is 0 Å². The molecule has 0 saturated heterocycles. The number of amides is 1. The molecule has 0 atom stereocenters. The number of hydrogen-bond acceptors (Lipinski definition) is 2. The van der Waals surface area contributed by atoms with E-state index in [0.29, 0.717) is 10.0 Å². The maximum absolute atomic E-state index is 12.0. The number of phenolic OH excluding ortho intramolecular Hbond substituents is 1. The van der Waals surface area contributed by atoms with Crippen molar-refractivity contribution in [1.82, 2.24) is 4.90 Å². The Kier molecular flexibility index (Phi) is 5.48. The van der Waals surface area contributed by atoms with Gasteiger partial charge in [-0.1, -0.05) is 19.8 Å². The van der Waals surface area contributed by atoms with E-state index in [1.165, 1.54) is 6.07 Å². The summed E-state index contributed by atoms with van der Waals surface area (Å²) in [6, 6.07) is 4.88. The Hall–Kier alpha value is -1.03. The Labute approximate surface area is 111 Å². The molecule has 1 aromatic carbocycles. The third-order valence-electron chi connectivity index (χ3n) is 2.64. The second kappa shape index (κ2) is 6.64. The summed E-state index contributed by atoms with van der Waals surface area (Å²) >= 11 is 3.19. The van der Waals surface area contributed by atoms with E-state index in [4.69, 9.17) is 0 Å². The molecule has 0 radical (unpaired) electrons. The fourth-order valence-electron chi connectivity index (χ4n) is 1.57. The van der Waals surface area contributed by atoms with Crippen LogP contribution in [0.1, 0.15) is 36.5 Å². The van der Waals surface area contributed by atoms with E-state index in [-0.39, 0.29) is 11.7 Å². The van der Waals surface area contributed by atoms with Gasteiger partial charge in [-0.15, -0.1) is 0 Å². The number of phenols is 1. The molecule has 1 aromatic rings. The Balaban J connectivity index is 2.65. The lowest BCUT2D eigenvalue weighted by atomic mass is 10.2. The molecule has 94 valence electrons. The Morgan fingerprint density at radius 1 is 1.41 bits per heavy atom. The van der Waals surface area contributed by atoms with Crippen LogP contribution in [-0.4, -0.2) is 29.5 Å². The SMILES string of the molecule is CCCCCN(C)C(=O)c1ccc(Br)c(O)c1. The number of rotatable bonds is 5. The first-order valence-corrected chi connectivity index (χ1v) is 6.59. The molecule has 0 bridgehead atoms. The molecule has 3 nitrogen and oxygen atoms in total. The largest absolute Gasteiger partial charge is 0.507 e. The molecule has 0 aliphatic heterocycles. The minimum Gasteiger partial charge on any atom is -0.507 e. The molecule has 17 heavy (non-hydrogen) atoms. The smallest absolute Gasteiger partial charge is 0.253 e. The van der Waals surface area contributed by atoms with E-state index >= 15 is 0 Å². The molecule has 0 aliphatic carbocycles. The lowest BCUT2D eigenvalue weighted by Gasteiger charge is -2.17. The van der Waals surface area contributed by atoms with Crippen LogP contribution >= 0.6 is 15.9 Å². The van der Waals surface area contributed by atoms with E-state index in [9.17, 15) is 9.90 Å². The number of aromatic hydroxyl groups is 1. The lowest BCUT2D eigenvalue weighted by molar-refractivity contribution is 0.0792. The number of benzene rings is 1. The quantitative estimate of drug-likeness (QED) is 0.846. The van der Waals surface area contributed by atoms with Crippen LogP contribution in [-0.2, 0) is 0 Å². The molecule has 0 spiro atoms. The zero-order valence-electron chi connectivity index (χ0n) is 10.2. The van der Waals surface area contributed by atoms with Crippen molar-refractivity contribution in [2.75, 3.05) is 13.6 Å². The molecule has 0 saturated carbocycles. The van der Waals surface area contributed by atoms with Gasteiger partial charge in [0.15, 0.2) is 0 Å². The summed E-state index contributed by atoms with van der Waals surface area (Å²) in [6.45, 7) is 2.89. The molecule has 0 aromatic heterocycles. The van der Waals surface area contributed by atoms with Crippen molar-refractivity contribution in [3.8, 4) is 5.75 Å². The average Bonchev–Trinajstić information content (AvgIpc) is 2.32. The fourth-order valence-corrected chi connectivity index (χ4v) is 1.81. The summed E-state index contributed by atoms with van der Waals surface area (Å²) in [5.41, 5.74) is 0.518. The van der Waals surface area contributed by atoms with E-state index in [2.05, 4.69) is 22.9 Å². The predicted octanol–water partition coefficient (Wildman–Crippen LogP) is 3.42. The first-order valence-electron chi connectivity index (χ1n) is 5.80. The van der Waals surface area contributed by atoms with Crippen molar-refractivity contribution in [3.63, 3.8) is 0 Å². The standard InChI is InChI=1S/C13H18BrNO2/c1-3-4-5-8-15(2)13(17)10-6-7-11(14)12(16)9-10/h6-7,9,16H,3-5,8H2,1-2H3. The van der Waals surface area contributed by atoms with Gasteiger partial charge in [0, 0.05) is 19.2 Å². The van der Waals surface area contributed by atoms with Gasteiger partial charge in [-0.25, -0.2) is 0 Å². The summed E-state index contributed by atoms with van der Waals surface area (Å²) in [5, 5.41) is 9.53. The van der Waals surface area contributed by atoms with Gasteiger partial charge >= 0.3 is 0 Å². The molecule has 0 unspecified atom stereocenters. The van der Waals surface area contributed by atoms with E-state index < -0.39 is 0 Å². The van der Waals surface area contributed by atoms with Crippen LogP contribution in [0.5, 0.6) is 5.75 Å². The summed E-state index contributed by atoms with van der Waals surface area (Å²) in [6.07, 6.45) is 3.28. The second-order valence-electron chi connectivity index (χ2n) is 4.10. The molecule has 0 aliphatic rings. The van der Waals surface area contributed by atoms with Crippen molar-refractivity contribution < 1.29 is 9.90 Å². The van der Waals surface area contributed by atoms with Gasteiger partial charge in [-0.05, 0) is 40.5 Å². The minimum atomic E-state index is -0.0519. The Morgan fingerprint density at radius 3 is 2.71 bits per heavy atom. The molecule has 1 N–H and O–H groups in total. The molecule has 0 fully saturated rings. The number of unbranched alkanes of at least 4 members (excludes halogenated alkanes) is 2. The van der Waals surface area contributed by atoms with E-state index in [1.54, 1.807) is 24.1 Å². The van der Waals surface area contributed by atoms with E-state index in [1.807, 2.05) is 0 Å². The first kappa shape index (κ1) is 14.0. The van der Waals surface area contributed by atoms with Gasteiger partial charge in [-0.2, -0.15) is 0 Å². The molecule has 1 rings (SSSR count). The zero-order valence-corrected chi connectivity index (χ0v) is 11.8. The Morgan fingerprint density at radius 2 is 2.12 bits per heavy atom. The van der Waals surface area contributed by atoms with Crippen molar-refractivity contribution >= 4 is 21.8 Å². The predicted molar refractivity (Wildman–Crippen MR) is 72.3 cm³/mol. The number of carbonyl (C=O) groups is 1. The topological polar surface area (TPSA) is 40.5 Å². The molecule has 1 amide bonds. The zero-order chi connectivity index (χ0) is 12.8. The Bertz CT molecular complexity index is 393. The second-order valence-corrected chi connectivity index (χ2v) is 4.95. The molecule has 0 heterocycles. The highest BCUT2D eigenvalue weighted by atomic mass is 79.9. The average molecular weight is 300 g/mol. The van der Waals surface area contributed by atoms with Crippen LogP contribution in [0.25, 0.3) is 0 Å². The van der Waals surface area contributed by atoms with Gasteiger partial charge in [0.2, 0.25) is 0 Å². The van der Waals surface area contributed by atoms with E-state index in [0.717, 1.165) is 25.8 Å². The van der Waals surface area contributed by atoms with Gasteiger partial charge in [0.05, 0.1) is 4.47 Å². The van der Waals surface area contributed by atoms with Crippen molar-refractivity contribution in [1.29, 1.82) is 0 Å². The number of halogens is 1. The summed E-state index contributed by atoms with van der Waals surface area (Å²) in [5.74, 6) is 0.0433. The first-order chi connectivity index (χ1) is 8.06. The van der Waals surface area contributed by atoms with Gasteiger partial charge in [0.1, 0.15) is 5.75 Å². The monoisotopic (exact) mass is 299 g/mol. The third kappa shape index (κ3) is 4.04. The summed E-state index contributed by atoms with van der Waals surface area (Å²) in [7, 11) is 1.79. The van der Waals surface area contributed by atoms with Gasteiger partial charge in [-0.3, -0.25) is 4.79 Å². The normalized spacial score (nSPS) is 10.3. The number of carbonyl (C=O) groups excluding carboxylic acids is 1. The molecule has 4 heteroatoms. The highest BCUT2D eigenvalue weighted by Gasteiger charge is 2.12. The van der Waals surface area contributed by atoms with Crippen molar-refractivity contribution in [2.45, 2.75) is 26.2 Å². The molecular weight excluding hydrogens is 282 g/mol. The lowest BCUT2D eigenvalue weighted by Crippen LogP contribution is -2.27. The maximum atomic E-state index is 12.0. The number of hydrogen-bond donors (Lipinski definition) is 1. The van der Waals surface area contributed by atoms with Crippen LogP contribution < -0.4 is 0 Å². The van der Waals surface area contributed by atoms with Crippen molar-refractivity contribution in [2.24, 2.45) is 0 Å².